The summed E-state index contributed by atoms with van der Waals surface area (Å²) in [7, 11) is 3.99. The van der Waals surface area contributed by atoms with Gasteiger partial charge in [0.25, 0.3) is 0 Å². The quantitative estimate of drug-likeness (QED) is 0.412. The van der Waals surface area contributed by atoms with Gasteiger partial charge in [0, 0.05) is 49.4 Å². The summed E-state index contributed by atoms with van der Waals surface area (Å²) in [6.07, 6.45) is 9.15. The number of nitrogens with one attached hydrogen (secondary N) is 2. The molecule has 8 nitrogen and oxygen atoms in total. The highest BCUT2D eigenvalue weighted by Crippen LogP contribution is 2.32. The summed E-state index contributed by atoms with van der Waals surface area (Å²) in [6, 6.07) is 6.24. The third-order valence-electron chi connectivity index (χ3n) is 5.45. The first-order chi connectivity index (χ1) is 15.7. The highest BCUT2D eigenvalue weighted by molar-refractivity contribution is 7.08. The monoisotopic (exact) mass is 438 g/mol. The Morgan fingerprint density at radius 3 is 2.66 bits per heavy atom. The van der Waals surface area contributed by atoms with Gasteiger partial charge >= 0.3 is 0 Å². The fourth-order valence-corrected chi connectivity index (χ4v) is 4.40. The molecular weight excluding hydrogens is 420 g/mol. The van der Waals surface area contributed by atoms with E-state index in [0.29, 0.717) is 11.5 Å². The fourth-order valence-electron chi connectivity index (χ4n) is 3.75. The van der Waals surface area contributed by atoms with Crippen LogP contribution in [0.1, 0.15) is 0 Å². The maximum absolute atomic E-state index is 4.89. The molecule has 2 N–H and O–H groups in total. The molecule has 0 bridgehead atoms. The average molecular weight is 439 g/mol. The molecule has 0 saturated heterocycles. The first kappa shape index (κ1) is 18.6. The number of H-pyrrole nitrogens is 2. The van der Waals surface area contributed by atoms with Crippen molar-refractivity contribution in [2.75, 3.05) is 19.0 Å². The summed E-state index contributed by atoms with van der Waals surface area (Å²) >= 11 is 1.65. The zero-order valence-electron chi connectivity index (χ0n) is 17.4. The van der Waals surface area contributed by atoms with Gasteiger partial charge in [-0.3, -0.25) is 15.1 Å². The second-order valence-electron chi connectivity index (χ2n) is 7.70. The van der Waals surface area contributed by atoms with Crippen LogP contribution in [0, 0.1) is 0 Å². The highest BCUT2D eigenvalue weighted by Gasteiger charge is 2.16. The van der Waals surface area contributed by atoms with Gasteiger partial charge in [-0.15, -0.1) is 0 Å². The van der Waals surface area contributed by atoms with Crippen LogP contribution in [-0.2, 0) is 0 Å². The van der Waals surface area contributed by atoms with E-state index in [1.807, 2.05) is 43.8 Å². The number of thiophene rings is 1. The van der Waals surface area contributed by atoms with Crippen molar-refractivity contribution in [1.29, 1.82) is 0 Å². The average Bonchev–Trinajstić information content (AvgIpc) is 3.57. The molecule has 156 valence electrons. The molecule has 0 atom stereocenters. The maximum Gasteiger partial charge on any atom is 0.181 e. The summed E-state index contributed by atoms with van der Waals surface area (Å²) in [5.41, 5.74) is 8.27. The van der Waals surface area contributed by atoms with Gasteiger partial charge < -0.3 is 9.88 Å². The summed E-state index contributed by atoms with van der Waals surface area (Å²) < 4.78 is 0. The van der Waals surface area contributed by atoms with Crippen molar-refractivity contribution in [2.24, 2.45) is 0 Å². The summed E-state index contributed by atoms with van der Waals surface area (Å²) in [4.78, 5) is 23.6. The molecule has 0 amide bonds. The second-order valence-corrected chi connectivity index (χ2v) is 8.48. The Balaban J connectivity index is 1.49. The standard InChI is InChI=1S/C23H18N8S/c1-31(2)16-5-14(7-24-9-16)15-6-17-21(29-30-22(17)26-8-15)23-27-19-11-25-10-18(20(19)28-23)13-3-4-32-12-13/h3-12H,1-2H3,(H,27,28)(H,26,29,30). The van der Waals surface area contributed by atoms with Crippen LogP contribution in [0.25, 0.3) is 55.8 Å². The van der Waals surface area contributed by atoms with Crippen LogP contribution in [0.3, 0.4) is 0 Å². The van der Waals surface area contributed by atoms with E-state index >= 15 is 0 Å². The third-order valence-corrected chi connectivity index (χ3v) is 6.13. The van der Waals surface area contributed by atoms with Crippen LogP contribution in [0.15, 0.2) is 59.9 Å². The number of rotatable bonds is 4. The zero-order valence-corrected chi connectivity index (χ0v) is 18.2. The minimum atomic E-state index is 0.636. The number of imidazole rings is 1. The van der Waals surface area contributed by atoms with E-state index in [1.54, 1.807) is 17.5 Å². The maximum atomic E-state index is 4.89. The van der Waals surface area contributed by atoms with Crippen LogP contribution in [0.2, 0.25) is 0 Å². The molecule has 6 aromatic heterocycles. The lowest BCUT2D eigenvalue weighted by Gasteiger charge is -2.12. The number of anilines is 1. The fraction of sp³-hybridized carbons (Fsp3) is 0.0870. The SMILES string of the molecule is CN(C)c1cncc(-c2cnc3n[nH]c(-c4nc5c(-c6ccsc6)cncc5[nH]4)c3c2)c1. The van der Waals surface area contributed by atoms with Gasteiger partial charge in [0.1, 0.15) is 11.2 Å². The van der Waals surface area contributed by atoms with Crippen LogP contribution in [-0.4, -0.2) is 49.2 Å². The second kappa shape index (κ2) is 7.24. The van der Waals surface area contributed by atoms with Gasteiger partial charge in [-0.1, -0.05) is 0 Å². The van der Waals surface area contributed by atoms with E-state index in [4.69, 9.17) is 4.98 Å². The van der Waals surface area contributed by atoms with E-state index in [2.05, 4.69) is 59.1 Å². The van der Waals surface area contributed by atoms with Gasteiger partial charge in [-0.25, -0.2) is 9.97 Å². The summed E-state index contributed by atoms with van der Waals surface area (Å²) in [5.74, 6) is 0.700. The topological polar surface area (TPSA) is 99.3 Å². The van der Waals surface area contributed by atoms with E-state index in [9.17, 15) is 0 Å². The highest BCUT2D eigenvalue weighted by atomic mass is 32.1. The normalized spacial score (nSPS) is 11.4. The van der Waals surface area contributed by atoms with E-state index in [-0.39, 0.29) is 0 Å². The van der Waals surface area contributed by atoms with Gasteiger partial charge in [0.2, 0.25) is 0 Å². The minimum absolute atomic E-state index is 0.636. The number of hydrogen-bond acceptors (Lipinski definition) is 7. The van der Waals surface area contributed by atoms with Crippen molar-refractivity contribution in [2.45, 2.75) is 0 Å². The van der Waals surface area contributed by atoms with E-state index in [0.717, 1.165) is 50.1 Å². The number of aromatic amines is 2. The Hall–Kier alpha value is -4.11. The number of nitrogens with zero attached hydrogens (tertiary/aromatic N) is 6. The molecule has 0 unspecified atom stereocenters. The molecule has 6 heterocycles. The predicted octanol–water partition coefficient (Wildman–Crippen LogP) is 4.75. The number of fused-ring (bicyclic) bond motifs is 2. The molecule has 0 spiro atoms. The minimum Gasteiger partial charge on any atom is -0.376 e. The summed E-state index contributed by atoms with van der Waals surface area (Å²) in [5, 5.41) is 12.5. The predicted molar refractivity (Wildman–Crippen MR) is 128 cm³/mol. The smallest absolute Gasteiger partial charge is 0.181 e. The molecule has 0 saturated carbocycles. The molecule has 0 aliphatic carbocycles. The van der Waals surface area contributed by atoms with Crippen molar-refractivity contribution < 1.29 is 0 Å². The van der Waals surface area contributed by atoms with Crippen molar-refractivity contribution in [3.8, 4) is 33.8 Å². The Kier molecular flexibility index (Phi) is 4.22. The van der Waals surface area contributed by atoms with Crippen molar-refractivity contribution in [1.82, 2.24) is 35.1 Å². The van der Waals surface area contributed by atoms with Crippen LogP contribution >= 0.6 is 11.3 Å². The molecule has 0 fully saturated rings. The largest absolute Gasteiger partial charge is 0.376 e. The van der Waals surface area contributed by atoms with E-state index in [1.165, 1.54) is 0 Å². The Morgan fingerprint density at radius 2 is 1.81 bits per heavy atom. The molecule has 0 aliphatic rings. The molecule has 32 heavy (non-hydrogen) atoms. The van der Waals surface area contributed by atoms with Gasteiger partial charge in [-0.2, -0.15) is 16.4 Å². The molecule has 9 heteroatoms. The number of hydrogen-bond donors (Lipinski definition) is 2. The molecule has 6 rings (SSSR count). The van der Waals surface area contributed by atoms with Crippen LogP contribution in [0.5, 0.6) is 0 Å². The molecule has 0 aromatic carbocycles. The Morgan fingerprint density at radius 1 is 0.938 bits per heavy atom. The first-order valence-corrected chi connectivity index (χ1v) is 11.0. The summed E-state index contributed by atoms with van der Waals surface area (Å²) in [6.45, 7) is 0. The first-order valence-electron chi connectivity index (χ1n) is 10.0. The number of pyridine rings is 3. The van der Waals surface area contributed by atoms with Crippen LogP contribution in [0.4, 0.5) is 5.69 Å². The zero-order chi connectivity index (χ0) is 21.7. The Bertz CT molecular complexity index is 1560. The Labute approximate surface area is 187 Å². The molecule has 0 radical (unpaired) electrons. The number of aromatic nitrogens is 7. The lowest BCUT2D eigenvalue weighted by atomic mass is 10.1. The molecule has 6 aromatic rings. The lowest BCUT2D eigenvalue weighted by Crippen LogP contribution is -2.08. The van der Waals surface area contributed by atoms with E-state index < -0.39 is 0 Å². The van der Waals surface area contributed by atoms with Crippen molar-refractivity contribution in [3.63, 3.8) is 0 Å². The van der Waals surface area contributed by atoms with Gasteiger partial charge in [0.15, 0.2) is 11.5 Å². The van der Waals surface area contributed by atoms with Crippen molar-refractivity contribution in [3.05, 3.63) is 59.9 Å². The lowest BCUT2D eigenvalue weighted by molar-refractivity contribution is 1.09. The van der Waals surface area contributed by atoms with Gasteiger partial charge in [0.05, 0.1) is 29.0 Å². The van der Waals surface area contributed by atoms with Crippen molar-refractivity contribution >= 4 is 39.1 Å². The van der Waals surface area contributed by atoms with Crippen LogP contribution < -0.4 is 4.90 Å². The molecular formula is C23H18N8S. The third kappa shape index (κ3) is 3.02. The molecule has 0 aliphatic heterocycles. The van der Waals surface area contributed by atoms with Gasteiger partial charge in [-0.05, 0) is 34.5 Å².